The molecule has 0 bridgehead atoms. The summed E-state index contributed by atoms with van der Waals surface area (Å²) in [7, 11) is 1.46. The maximum atomic E-state index is 13.6. The number of nitrogens with zero attached hydrogens (tertiary/aromatic N) is 2. The van der Waals surface area contributed by atoms with Crippen LogP contribution in [0.15, 0.2) is 36.7 Å². The molecule has 1 aromatic heterocycles. The number of rotatable bonds is 4. The molecule has 1 atom stereocenters. The second kappa shape index (κ2) is 4.88. The lowest BCUT2D eigenvalue weighted by atomic mass is 10.2. The number of hydrogen-bond acceptors (Lipinski definition) is 3. The minimum Gasteiger partial charge on any atom is -0.355 e. The number of hydrogen-bond donors (Lipinski definition) is 0. The van der Waals surface area contributed by atoms with E-state index in [0.29, 0.717) is 17.4 Å². The Labute approximate surface area is 97.6 Å². The van der Waals surface area contributed by atoms with Crippen molar-refractivity contribution in [3.05, 3.63) is 53.6 Å². The molecule has 0 aliphatic carbocycles. The minimum absolute atomic E-state index is 0.371. The van der Waals surface area contributed by atoms with Crippen LogP contribution >= 0.6 is 0 Å². The van der Waals surface area contributed by atoms with Gasteiger partial charge in [-0.3, -0.25) is 4.79 Å². The van der Waals surface area contributed by atoms with Crippen molar-refractivity contribution in [3.63, 3.8) is 0 Å². The molecular formula is C12H11FN2O2. The maximum Gasteiger partial charge on any atom is 0.178 e. The predicted octanol–water partition coefficient (Wildman–Crippen LogP) is 2.03. The van der Waals surface area contributed by atoms with Crippen molar-refractivity contribution < 1.29 is 13.9 Å². The molecule has 0 fully saturated rings. The first-order valence-corrected chi connectivity index (χ1v) is 5.03. The zero-order valence-electron chi connectivity index (χ0n) is 9.21. The smallest absolute Gasteiger partial charge is 0.178 e. The molecule has 88 valence electrons. The molecule has 2 aromatic rings. The van der Waals surface area contributed by atoms with Crippen molar-refractivity contribution in [1.29, 1.82) is 0 Å². The largest absolute Gasteiger partial charge is 0.355 e. The molecule has 4 nitrogen and oxygen atoms in total. The van der Waals surface area contributed by atoms with Crippen LogP contribution in [0.3, 0.4) is 0 Å². The van der Waals surface area contributed by atoms with Gasteiger partial charge < -0.3 is 4.74 Å². The minimum atomic E-state index is -0.676. The van der Waals surface area contributed by atoms with E-state index in [2.05, 4.69) is 5.10 Å². The van der Waals surface area contributed by atoms with E-state index in [0.717, 1.165) is 0 Å². The maximum absolute atomic E-state index is 13.6. The van der Waals surface area contributed by atoms with E-state index in [9.17, 15) is 9.18 Å². The van der Waals surface area contributed by atoms with Gasteiger partial charge in [-0.2, -0.15) is 5.10 Å². The van der Waals surface area contributed by atoms with Crippen molar-refractivity contribution in [3.8, 4) is 0 Å². The van der Waals surface area contributed by atoms with Crippen molar-refractivity contribution in [2.45, 2.75) is 6.23 Å². The zero-order chi connectivity index (χ0) is 12.3. The summed E-state index contributed by atoms with van der Waals surface area (Å²) in [4.78, 5) is 10.6. The van der Waals surface area contributed by atoms with E-state index in [1.54, 1.807) is 18.2 Å². The number of ether oxygens (including phenoxy) is 1. The third kappa shape index (κ3) is 2.24. The van der Waals surface area contributed by atoms with Gasteiger partial charge in [-0.1, -0.05) is 18.2 Å². The molecule has 0 aliphatic heterocycles. The molecule has 17 heavy (non-hydrogen) atoms. The van der Waals surface area contributed by atoms with E-state index in [-0.39, 0.29) is 5.82 Å². The summed E-state index contributed by atoms with van der Waals surface area (Å²) in [5, 5.41) is 3.97. The highest BCUT2D eigenvalue weighted by Gasteiger charge is 2.17. The molecular weight excluding hydrogens is 223 g/mol. The van der Waals surface area contributed by atoms with Gasteiger partial charge in [-0.05, 0) is 6.07 Å². The fourth-order valence-electron chi connectivity index (χ4n) is 1.59. The summed E-state index contributed by atoms with van der Waals surface area (Å²) in [5.41, 5.74) is 0.791. The summed E-state index contributed by atoms with van der Waals surface area (Å²) in [5.74, 6) is -0.373. The van der Waals surface area contributed by atoms with Crippen molar-refractivity contribution in [2.24, 2.45) is 0 Å². The zero-order valence-corrected chi connectivity index (χ0v) is 9.21. The van der Waals surface area contributed by atoms with Crippen LogP contribution in [0.4, 0.5) is 4.39 Å². The Kier molecular flexibility index (Phi) is 3.30. The van der Waals surface area contributed by atoms with Gasteiger partial charge in [0.1, 0.15) is 5.82 Å². The third-order valence-electron chi connectivity index (χ3n) is 2.39. The Morgan fingerprint density at radius 1 is 1.47 bits per heavy atom. The number of aldehydes is 1. The molecule has 5 heteroatoms. The fourth-order valence-corrected chi connectivity index (χ4v) is 1.59. The highest BCUT2D eigenvalue weighted by atomic mass is 19.1. The standard InChI is InChI=1S/C12H11FN2O2/c1-17-12(10-4-2-3-5-11(10)13)15-7-9(8-16)6-14-15/h2-8,12H,1H3. The van der Waals surface area contributed by atoms with Crippen LogP contribution in [0.1, 0.15) is 22.1 Å². The van der Waals surface area contributed by atoms with Crippen LogP contribution in [-0.2, 0) is 4.74 Å². The molecule has 1 aromatic carbocycles. The lowest BCUT2D eigenvalue weighted by Crippen LogP contribution is -2.14. The van der Waals surface area contributed by atoms with Crippen LogP contribution in [0, 0.1) is 5.82 Å². The van der Waals surface area contributed by atoms with E-state index in [1.165, 1.54) is 30.3 Å². The first-order chi connectivity index (χ1) is 8.26. The Bertz CT molecular complexity index is 525. The first-order valence-electron chi connectivity index (χ1n) is 5.03. The van der Waals surface area contributed by atoms with Crippen LogP contribution in [0.2, 0.25) is 0 Å². The average Bonchev–Trinajstić information content (AvgIpc) is 2.81. The van der Waals surface area contributed by atoms with Crippen LogP contribution in [0.5, 0.6) is 0 Å². The number of benzene rings is 1. The normalized spacial score (nSPS) is 12.4. The van der Waals surface area contributed by atoms with Crippen LogP contribution in [-0.4, -0.2) is 23.2 Å². The molecule has 1 heterocycles. The van der Waals surface area contributed by atoms with Gasteiger partial charge in [-0.25, -0.2) is 9.07 Å². The topological polar surface area (TPSA) is 44.1 Å². The quantitative estimate of drug-likeness (QED) is 0.760. The van der Waals surface area contributed by atoms with E-state index >= 15 is 0 Å². The monoisotopic (exact) mass is 234 g/mol. The van der Waals surface area contributed by atoms with Gasteiger partial charge >= 0.3 is 0 Å². The molecule has 0 saturated heterocycles. The summed E-state index contributed by atoms with van der Waals surface area (Å²) in [6.07, 6.45) is 2.91. The lowest BCUT2D eigenvalue weighted by molar-refractivity contribution is 0.0651. The molecule has 0 spiro atoms. The van der Waals surface area contributed by atoms with E-state index < -0.39 is 6.23 Å². The van der Waals surface area contributed by atoms with Gasteiger partial charge in [-0.15, -0.1) is 0 Å². The van der Waals surface area contributed by atoms with Gasteiger partial charge in [0.2, 0.25) is 0 Å². The highest BCUT2D eigenvalue weighted by molar-refractivity contribution is 5.73. The number of aromatic nitrogens is 2. The summed E-state index contributed by atoms with van der Waals surface area (Å²) >= 11 is 0. The Balaban J connectivity index is 2.40. The molecule has 0 aliphatic rings. The lowest BCUT2D eigenvalue weighted by Gasteiger charge is -2.16. The molecule has 0 N–H and O–H groups in total. The molecule has 1 unspecified atom stereocenters. The third-order valence-corrected chi connectivity index (χ3v) is 2.39. The second-order valence-corrected chi connectivity index (χ2v) is 3.48. The summed E-state index contributed by atoms with van der Waals surface area (Å²) in [6, 6.07) is 6.29. The van der Waals surface area contributed by atoms with Gasteiger partial charge in [0.05, 0.1) is 11.8 Å². The van der Waals surface area contributed by atoms with Crippen LogP contribution < -0.4 is 0 Å². The van der Waals surface area contributed by atoms with Gasteiger partial charge in [0.25, 0.3) is 0 Å². The summed E-state index contributed by atoms with van der Waals surface area (Å²) < 4.78 is 20.2. The molecule has 2 rings (SSSR count). The van der Waals surface area contributed by atoms with Gasteiger partial charge in [0, 0.05) is 18.9 Å². The van der Waals surface area contributed by atoms with Crippen molar-refractivity contribution in [1.82, 2.24) is 9.78 Å². The number of carbonyl (C=O) groups is 1. The first kappa shape index (κ1) is 11.5. The van der Waals surface area contributed by atoms with E-state index in [1.807, 2.05) is 0 Å². The highest BCUT2D eigenvalue weighted by Crippen LogP contribution is 2.21. The Morgan fingerprint density at radius 3 is 2.82 bits per heavy atom. The predicted molar refractivity (Wildman–Crippen MR) is 59.2 cm³/mol. The van der Waals surface area contributed by atoms with Gasteiger partial charge in [0.15, 0.2) is 12.5 Å². The summed E-state index contributed by atoms with van der Waals surface area (Å²) in [6.45, 7) is 0. The van der Waals surface area contributed by atoms with E-state index in [4.69, 9.17) is 4.74 Å². The Hall–Kier alpha value is -2.01. The Morgan fingerprint density at radius 2 is 2.24 bits per heavy atom. The molecule has 0 saturated carbocycles. The SMILES string of the molecule is COC(c1ccccc1F)n1cc(C=O)cn1. The van der Waals surface area contributed by atoms with Crippen LogP contribution in [0.25, 0.3) is 0 Å². The van der Waals surface area contributed by atoms with Crippen molar-refractivity contribution >= 4 is 6.29 Å². The average molecular weight is 234 g/mol. The van der Waals surface area contributed by atoms with Crippen molar-refractivity contribution in [2.75, 3.05) is 7.11 Å². The number of carbonyl (C=O) groups excluding carboxylic acids is 1. The molecule has 0 amide bonds. The number of halogens is 1. The molecule has 0 radical (unpaired) electrons. The number of methoxy groups -OCH3 is 1. The second-order valence-electron chi connectivity index (χ2n) is 3.48. The fraction of sp³-hybridized carbons (Fsp3) is 0.167.